The van der Waals surface area contributed by atoms with Gasteiger partial charge >= 0.3 is 0 Å². The van der Waals surface area contributed by atoms with Crippen LogP contribution in [0, 0.1) is 0 Å². The molecule has 0 saturated heterocycles. The minimum Gasteiger partial charge on any atom is -0.491 e. The normalized spacial score (nSPS) is 18.1. The summed E-state index contributed by atoms with van der Waals surface area (Å²) in [6.07, 6.45) is 0.610. The Morgan fingerprint density at radius 1 is 1.37 bits per heavy atom. The molecule has 0 aromatic heterocycles. The summed E-state index contributed by atoms with van der Waals surface area (Å²) in [4.78, 5) is 0. The average molecular weight is 284 g/mol. The molecule has 1 unspecified atom stereocenters. The third-order valence-electron chi connectivity index (χ3n) is 3.04. The molecule has 1 aliphatic rings. The fourth-order valence-electron chi connectivity index (χ4n) is 2.10. The zero-order chi connectivity index (χ0) is 13.7. The summed E-state index contributed by atoms with van der Waals surface area (Å²) < 4.78 is 32.1. The predicted octanol–water partition coefficient (Wildman–Crippen LogP) is 1.04. The van der Waals surface area contributed by atoms with Crippen molar-refractivity contribution in [3.8, 4) is 5.75 Å². The van der Waals surface area contributed by atoms with Crippen LogP contribution >= 0.6 is 0 Å². The van der Waals surface area contributed by atoms with E-state index in [1.807, 2.05) is 31.2 Å². The molecule has 0 amide bonds. The van der Waals surface area contributed by atoms with E-state index in [4.69, 9.17) is 4.74 Å². The standard InChI is InChI=1S/C13H20N2O3S/c1-2-14-8-5-9-19(16,17)15-12-10-18-13-7-4-3-6-11(12)13/h3-4,6-7,12,14-15H,2,5,8-10H2,1H3. The highest BCUT2D eigenvalue weighted by atomic mass is 32.2. The second kappa shape index (κ2) is 6.36. The van der Waals surface area contributed by atoms with Crippen molar-refractivity contribution in [1.82, 2.24) is 10.0 Å². The molecule has 2 rings (SSSR count). The Bertz CT molecular complexity index is 516. The van der Waals surface area contributed by atoms with Gasteiger partial charge in [0.2, 0.25) is 10.0 Å². The van der Waals surface area contributed by atoms with E-state index >= 15 is 0 Å². The van der Waals surface area contributed by atoms with Crippen molar-refractivity contribution in [3.63, 3.8) is 0 Å². The maximum absolute atomic E-state index is 12.0. The largest absolute Gasteiger partial charge is 0.491 e. The van der Waals surface area contributed by atoms with Gasteiger partial charge in [0.05, 0.1) is 11.8 Å². The molecule has 1 aromatic rings. The van der Waals surface area contributed by atoms with E-state index in [0.717, 1.165) is 24.4 Å². The van der Waals surface area contributed by atoms with E-state index in [1.165, 1.54) is 0 Å². The van der Waals surface area contributed by atoms with Crippen molar-refractivity contribution in [2.24, 2.45) is 0 Å². The fourth-order valence-corrected chi connectivity index (χ4v) is 3.37. The summed E-state index contributed by atoms with van der Waals surface area (Å²) in [6, 6.07) is 7.26. The minimum absolute atomic E-state index is 0.138. The number of hydrogen-bond acceptors (Lipinski definition) is 4. The van der Waals surface area contributed by atoms with Gasteiger partial charge in [-0.05, 0) is 25.6 Å². The van der Waals surface area contributed by atoms with Gasteiger partial charge in [0, 0.05) is 5.56 Å². The van der Waals surface area contributed by atoms with Crippen molar-refractivity contribution < 1.29 is 13.2 Å². The maximum Gasteiger partial charge on any atom is 0.212 e. The zero-order valence-electron chi connectivity index (χ0n) is 11.1. The maximum atomic E-state index is 12.0. The molecule has 0 saturated carbocycles. The summed E-state index contributed by atoms with van der Waals surface area (Å²) in [5, 5.41) is 3.11. The van der Waals surface area contributed by atoms with E-state index in [-0.39, 0.29) is 11.8 Å². The van der Waals surface area contributed by atoms with Gasteiger partial charge in [-0.2, -0.15) is 0 Å². The number of benzene rings is 1. The molecule has 0 aliphatic carbocycles. The lowest BCUT2D eigenvalue weighted by Crippen LogP contribution is -2.32. The summed E-state index contributed by atoms with van der Waals surface area (Å²) >= 11 is 0. The number of sulfonamides is 1. The number of para-hydroxylation sites is 1. The highest BCUT2D eigenvalue weighted by molar-refractivity contribution is 7.89. The average Bonchev–Trinajstić information content (AvgIpc) is 2.78. The number of ether oxygens (including phenoxy) is 1. The van der Waals surface area contributed by atoms with Crippen LogP contribution < -0.4 is 14.8 Å². The highest BCUT2D eigenvalue weighted by Gasteiger charge is 2.27. The number of rotatable bonds is 7. The smallest absolute Gasteiger partial charge is 0.212 e. The van der Waals surface area contributed by atoms with Crippen LogP contribution in [0.2, 0.25) is 0 Å². The first-order valence-corrected chi connectivity index (χ1v) is 8.20. The topological polar surface area (TPSA) is 67.4 Å². The zero-order valence-corrected chi connectivity index (χ0v) is 11.9. The van der Waals surface area contributed by atoms with Crippen LogP contribution in [0.5, 0.6) is 5.75 Å². The Labute approximate surface area is 114 Å². The third kappa shape index (κ3) is 3.92. The van der Waals surface area contributed by atoms with E-state index < -0.39 is 10.0 Å². The van der Waals surface area contributed by atoms with Gasteiger partial charge in [-0.3, -0.25) is 0 Å². The monoisotopic (exact) mass is 284 g/mol. The van der Waals surface area contributed by atoms with Crippen molar-refractivity contribution in [1.29, 1.82) is 0 Å². The molecule has 0 bridgehead atoms. The SMILES string of the molecule is CCNCCCS(=O)(=O)NC1COc2ccccc21. The molecule has 0 radical (unpaired) electrons. The molecule has 1 atom stereocenters. The molecule has 1 aromatic carbocycles. The van der Waals surface area contributed by atoms with E-state index in [2.05, 4.69) is 10.0 Å². The van der Waals surface area contributed by atoms with Crippen molar-refractivity contribution in [3.05, 3.63) is 29.8 Å². The minimum atomic E-state index is -3.26. The third-order valence-corrected chi connectivity index (χ3v) is 4.51. The predicted molar refractivity (Wildman–Crippen MR) is 74.8 cm³/mol. The van der Waals surface area contributed by atoms with Gasteiger partial charge in [-0.1, -0.05) is 25.1 Å². The van der Waals surface area contributed by atoms with Crippen LogP contribution in [-0.4, -0.2) is 33.9 Å². The van der Waals surface area contributed by atoms with E-state index in [0.29, 0.717) is 13.0 Å². The van der Waals surface area contributed by atoms with Crippen molar-refractivity contribution in [2.75, 3.05) is 25.4 Å². The molecule has 1 heterocycles. The van der Waals surface area contributed by atoms with Gasteiger partial charge in [-0.25, -0.2) is 13.1 Å². The van der Waals surface area contributed by atoms with Crippen LogP contribution in [-0.2, 0) is 10.0 Å². The first-order chi connectivity index (χ1) is 9.12. The summed E-state index contributed by atoms with van der Waals surface area (Å²) in [6.45, 7) is 3.94. The fraction of sp³-hybridized carbons (Fsp3) is 0.538. The Morgan fingerprint density at radius 3 is 2.95 bits per heavy atom. The quantitative estimate of drug-likeness (QED) is 0.734. The first-order valence-electron chi connectivity index (χ1n) is 6.55. The molecular weight excluding hydrogens is 264 g/mol. The molecule has 6 heteroatoms. The molecular formula is C13H20N2O3S. The second-order valence-electron chi connectivity index (χ2n) is 4.55. The molecule has 0 spiro atoms. The van der Waals surface area contributed by atoms with Gasteiger partial charge < -0.3 is 10.1 Å². The summed E-state index contributed by atoms with van der Waals surface area (Å²) in [5.41, 5.74) is 0.915. The van der Waals surface area contributed by atoms with Crippen LogP contribution in [0.3, 0.4) is 0 Å². The van der Waals surface area contributed by atoms with Crippen molar-refractivity contribution >= 4 is 10.0 Å². The van der Waals surface area contributed by atoms with Crippen LogP contribution in [0.4, 0.5) is 0 Å². The van der Waals surface area contributed by atoms with Gasteiger partial charge in [0.15, 0.2) is 0 Å². The molecule has 1 aliphatic heterocycles. The van der Waals surface area contributed by atoms with Gasteiger partial charge in [-0.15, -0.1) is 0 Å². The van der Waals surface area contributed by atoms with Crippen LogP contribution in [0.15, 0.2) is 24.3 Å². The lowest BCUT2D eigenvalue weighted by Gasteiger charge is -2.12. The lowest BCUT2D eigenvalue weighted by atomic mass is 10.1. The van der Waals surface area contributed by atoms with E-state index in [1.54, 1.807) is 0 Å². The Morgan fingerprint density at radius 2 is 2.16 bits per heavy atom. The lowest BCUT2D eigenvalue weighted by molar-refractivity contribution is 0.325. The first kappa shape index (κ1) is 14.3. The van der Waals surface area contributed by atoms with Gasteiger partial charge in [0.1, 0.15) is 12.4 Å². The molecule has 2 N–H and O–H groups in total. The van der Waals surface area contributed by atoms with Crippen LogP contribution in [0.25, 0.3) is 0 Å². The van der Waals surface area contributed by atoms with E-state index in [9.17, 15) is 8.42 Å². The molecule has 5 nitrogen and oxygen atoms in total. The van der Waals surface area contributed by atoms with Crippen LogP contribution in [0.1, 0.15) is 24.9 Å². The second-order valence-corrected chi connectivity index (χ2v) is 6.42. The molecule has 106 valence electrons. The number of hydrogen-bond donors (Lipinski definition) is 2. The highest BCUT2D eigenvalue weighted by Crippen LogP contribution is 2.31. The number of fused-ring (bicyclic) bond motifs is 1. The Hall–Kier alpha value is -1.11. The van der Waals surface area contributed by atoms with Gasteiger partial charge in [0.25, 0.3) is 0 Å². The Kier molecular flexibility index (Phi) is 4.79. The molecule has 0 fully saturated rings. The summed E-state index contributed by atoms with van der Waals surface area (Å²) in [7, 11) is -3.26. The summed E-state index contributed by atoms with van der Waals surface area (Å²) in [5.74, 6) is 0.904. The molecule has 19 heavy (non-hydrogen) atoms. The number of nitrogens with one attached hydrogen (secondary N) is 2. The Balaban J connectivity index is 1.91. The van der Waals surface area contributed by atoms with Crippen molar-refractivity contribution in [2.45, 2.75) is 19.4 Å².